The van der Waals surface area contributed by atoms with E-state index in [2.05, 4.69) is 20.2 Å². The first-order valence-electron chi connectivity index (χ1n) is 8.15. The largest absolute Gasteiger partial charge is 0.467 e. The van der Waals surface area contributed by atoms with Crippen molar-refractivity contribution >= 4 is 5.91 Å². The molecule has 0 aliphatic carbocycles. The van der Waals surface area contributed by atoms with Gasteiger partial charge in [-0.3, -0.25) is 4.79 Å². The van der Waals surface area contributed by atoms with Gasteiger partial charge in [0, 0.05) is 31.6 Å². The third-order valence-electron chi connectivity index (χ3n) is 3.84. The van der Waals surface area contributed by atoms with Crippen molar-refractivity contribution in [1.82, 2.24) is 29.8 Å². The lowest BCUT2D eigenvalue weighted by Gasteiger charge is -2.19. The molecule has 1 aromatic carbocycles. The van der Waals surface area contributed by atoms with Gasteiger partial charge in [-0.15, -0.1) is 5.10 Å². The molecule has 3 aromatic rings. The van der Waals surface area contributed by atoms with Gasteiger partial charge in [0.1, 0.15) is 0 Å². The molecule has 9 heteroatoms. The number of ether oxygens (including phenoxy) is 1. The minimum absolute atomic E-state index is 0.125. The summed E-state index contributed by atoms with van der Waals surface area (Å²) in [7, 11) is 3.28. The summed E-state index contributed by atoms with van der Waals surface area (Å²) < 4.78 is 11.6. The number of hydrogen-bond acceptors (Lipinski definition) is 7. The zero-order valence-electron chi connectivity index (χ0n) is 15.1. The van der Waals surface area contributed by atoms with Gasteiger partial charge in [0.2, 0.25) is 5.89 Å². The lowest BCUT2D eigenvalue weighted by molar-refractivity contribution is 0.0747. The second-order valence-electron chi connectivity index (χ2n) is 5.68. The van der Waals surface area contributed by atoms with Crippen molar-refractivity contribution in [2.24, 2.45) is 7.05 Å². The molecule has 0 atom stereocenters. The van der Waals surface area contributed by atoms with Gasteiger partial charge in [0.15, 0.2) is 11.6 Å². The van der Waals surface area contributed by atoms with Crippen LogP contribution < -0.4 is 4.74 Å². The lowest BCUT2D eigenvalue weighted by atomic mass is 10.1. The average Bonchev–Trinajstić information content (AvgIpc) is 3.24. The number of aryl methyl sites for hydroxylation is 2. The number of nitrogens with zero attached hydrogens (tertiary/aromatic N) is 6. The zero-order chi connectivity index (χ0) is 18.7. The van der Waals surface area contributed by atoms with Crippen LogP contribution in [-0.2, 0) is 13.6 Å². The SMILES string of the molecule is CCN(Cc1noc(C)n1)C(=O)c1cccc(-c2nc(OC)n(C)n2)c1. The second kappa shape index (κ2) is 7.34. The highest BCUT2D eigenvalue weighted by molar-refractivity contribution is 5.95. The Morgan fingerprint density at radius 3 is 2.77 bits per heavy atom. The number of amides is 1. The average molecular weight is 356 g/mol. The molecule has 26 heavy (non-hydrogen) atoms. The molecular formula is C17H20N6O3. The molecular weight excluding hydrogens is 336 g/mol. The summed E-state index contributed by atoms with van der Waals surface area (Å²) in [5.41, 5.74) is 1.28. The summed E-state index contributed by atoms with van der Waals surface area (Å²) in [6, 6.07) is 7.58. The van der Waals surface area contributed by atoms with Gasteiger partial charge in [-0.05, 0) is 19.1 Å². The van der Waals surface area contributed by atoms with Crippen LogP contribution in [0, 0.1) is 6.92 Å². The maximum Gasteiger partial charge on any atom is 0.314 e. The van der Waals surface area contributed by atoms with E-state index in [0.29, 0.717) is 35.7 Å². The molecule has 1 amide bonds. The fourth-order valence-corrected chi connectivity index (χ4v) is 2.55. The number of aromatic nitrogens is 5. The first kappa shape index (κ1) is 17.6. The normalized spacial score (nSPS) is 10.8. The number of carbonyl (C=O) groups is 1. The Kier molecular flexibility index (Phi) is 4.97. The minimum Gasteiger partial charge on any atom is -0.467 e. The monoisotopic (exact) mass is 356 g/mol. The standard InChI is InChI=1S/C17H20N6O3/c1-5-23(10-14-18-11(2)26-21-14)16(24)13-8-6-7-12(9-13)15-19-17(25-4)22(3)20-15/h6-9H,5,10H2,1-4H3. The minimum atomic E-state index is -0.125. The third kappa shape index (κ3) is 3.56. The van der Waals surface area contributed by atoms with Gasteiger partial charge < -0.3 is 14.2 Å². The van der Waals surface area contributed by atoms with Crippen LogP contribution in [0.3, 0.4) is 0 Å². The number of hydrogen-bond donors (Lipinski definition) is 0. The summed E-state index contributed by atoms with van der Waals surface area (Å²) in [5, 5.41) is 8.16. The van der Waals surface area contributed by atoms with Crippen molar-refractivity contribution in [1.29, 1.82) is 0 Å². The highest BCUT2D eigenvalue weighted by Crippen LogP contribution is 2.20. The molecule has 0 unspecified atom stereocenters. The molecule has 0 saturated heterocycles. The van der Waals surface area contributed by atoms with Crippen molar-refractivity contribution in [2.45, 2.75) is 20.4 Å². The van der Waals surface area contributed by atoms with E-state index in [-0.39, 0.29) is 12.5 Å². The zero-order valence-corrected chi connectivity index (χ0v) is 15.1. The van der Waals surface area contributed by atoms with E-state index in [1.165, 1.54) is 7.11 Å². The first-order valence-corrected chi connectivity index (χ1v) is 8.15. The Morgan fingerprint density at radius 1 is 1.35 bits per heavy atom. The summed E-state index contributed by atoms with van der Waals surface area (Å²) in [5.74, 6) is 1.32. The molecule has 3 rings (SSSR count). The van der Waals surface area contributed by atoms with Crippen LogP contribution >= 0.6 is 0 Å². The van der Waals surface area contributed by atoms with E-state index >= 15 is 0 Å². The maximum atomic E-state index is 12.9. The van der Waals surface area contributed by atoms with Crippen LogP contribution in [-0.4, -0.2) is 49.4 Å². The fourth-order valence-electron chi connectivity index (χ4n) is 2.55. The Hall–Kier alpha value is -3.23. The van der Waals surface area contributed by atoms with E-state index in [9.17, 15) is 4.79 Å². The number of benzene rings is 1. The van der Waals surface area contributed by atoms with E-state index in [1.807, 2.05) is 13.0 Å². The van der Waals surface area contributed by atoms with Gasteiger partial charge in [-0.1, -0.05) is 17.3 Å². The molecule has 0 fully saturated rings. The van der Waals surface area contributed by atoms with Gasteiger partial charge in [-0.2, -0.15) is 9.97 Å². The summed E-state index contributed by atoms with van der Waals surface area (Å²) in [6.45, 7) is 4.42. The van der Waals surface area contributed by atoms with Crippen molar-refractivity contribution in [2.75, 3.05) is 13.7 Å². The summed E-state index contributed by atoms with van der Waals surface area (Å²) in [6.07, 6.45) is 0. The lowest BCUT2D eigenvalue weighted by Crippen LogP contribution is -2.30. The van der Waals surface area contributed by atoms with E-state index < -0.39 is 0 Å². The Bertz CT molecular complexity index is 917. The van der Waals surface area contributed by atoms with Crippen LogP contribution in [0.1, 0.15) is 29.0 Å². The predicted molar refractivity (Wildman–Crippen MR) is 92.4 cm³/mol. The van der Waals surface area contributed by atoms with Gasteiger partial charge in [0.25, 0.3) is 5.91 Å². The van der Waals surface area contributed by atoms with E-state index in [4.69, 9.17) is 9.26 Å². The van der Waals surface area contributed by atoms with Crippen LogP contribution in [0.15, 0.2) is 28.8 Å². The molecule has 9 nitrogen and oxygen atoms in total. The van der Waals surface area contributed by atoms with Crippen LogP contribution in [0.25, 0.3) is 11.4 Å². The van der Waals surface area contributed by atoms with Gasteiger partial charge in [-0.25, -0.2) is 4.68 Å². The molecule has 2 heterocycles. The first-order chi connectivity index (χ1) is 12.5. The summed E-state index contributed by atoms with van der Waals surface area (Å²) in [4.78, 5) is 23.0. The second-order valence-corrected chi connectivity index (χ2v) is 5.68. The van der Waals surface area contributed by atoms with Crippen molar-refractivity contribution < 1.29 is 14.1 Å². The molecule has 136 valence electrons. The highest BCUT2D eigenvalue weighted by Gasteiger charge is 2.18. The van der Waals surface area contributed by atoms with Crippen LogP contribution in [0.2, 0.25) is 0 Å². The van der Waals surface area contributed by atoms with Crippen molar-refractivity contribution in [3.63, 3.8) is 0 Å². The highest BCUT2D eigenvalue weighted by atomic mass is 16.5. The topological polar surface area (TPSA) is 99.2 Å². The summed E-state index contributed by atoms with van der Waals surface area (Å²) >= 11 is 0. The van der Waals surface area contributed by atoms with Crippen molar-refractivity contribution in [3.8, 4) is 17.4 Å². The molecule has 0 radical (unpaired) electrons. The number of rotatable bonds is 6. The van der Waals surface area contributed by atoms with E-state index in [0.717, 1.165) is 5.56 Å². The van der Waals surface area contributed by atoms with E-state index in [1.54, 1.807) is 41.8 Å². The van der Waals surface area contributed by atoms with Crippen LogP contribution in [0.5, 0.6) is 6.01 Å². The van der Waals surface area contributed by atoms with Crippen molar-refractivity contribution in [3.05, 3.63) is 41.5 Å². The Labute approximate surface area is 150 Å². The molecule has 2 aromatic heterocycles. The molecule has 0 bridgehead atoms. The van der Waals surface area contributed by atoms with Crippen LogP contribution in [0.4, 0.5) is 0 Å². The van der Waals surface area contributed by atoms with Gasteiger partial charge >= 0.3 is 6.01 Å². The van der Waals surface area contributed by atoms with Gasteiger partial charge in [0.05, 0.1) is 13.7 Å². The number of methoxy groups -OCH3 is 1. The molecule has 0 aliphatic heterocycles. The molecule has 0 saturated carbocycles. The predicted octanol–water partition coefficient (Wildman–Crippen LogP) is 1.84. The maximum absolute atomic E-state index is 12.9. The third-order valence-corrected chi connectivity index (χ3v) is 3.84. The fraction of sp³-hybridized carbons (Fsp3) is 0.353. The number of carbonyl (C=O) groups excluding carboxylic acids is 1. The smallest absolute Gasteiger partial charge is 0.314 e. The Morgan fingerprint density at radius 2 is 2.15 bits per heavy atom. The Balaban J connectivity index is 1.84. The molecule has 0 spiro atoms. The molecule has 0 N–H and O–H groups in total. The molecule has 0 aliphatic rings. The quantitative estimate of drug-likeness (QED) is 0.664.